The fourth-order valence-electron chi connectivity index (χ4n) is 1.93. The van der Waals surface area contributed by atoms with Crippen molar-refractivity contribution in [3.8, 4) is 0 Å². The molecule has 0 saturated carbocycles. The summed E-state index contributed by atoms with van der Waals surface area (Å²) >= 11 is 0. The Morgan fingerprint density at radius 2 is 1.85 bits per heavy atom. The molecular formula is C9H19N2O2+. The van der Waals surface area contributed by atoms with Crippen LogP contribution in [0.15, 0.2) is 0 Å². The molecule has 0 radical (unpaired) electrons. The average molecular weight is 187 g/mol. The van der Waals surface area contributed by atoms with Gasteiger partial charge >= 0.3 is 0 Å². The van der Waals surface area contributed by atoms with Crippen molar-refractivity contribution in [1.29, 1.82) is 0 Å². The van der Waals surface area contributed by atoms with E-state index >= 15 is 0 Å². The molecule has 0 aromatic rings. The number of rotatable bonds is 3. The Labute approximate surface area is 79.2 Å². The summed E-state index contributed by atoms with van der Waals surface area (Å²) in [5.41, 5.74) is 0. The van der Waals surface area contributed by atoms with Crippen molar-refractivity contribution in [3.63, 3.8) is 0 Å². The highest BCUT2D eigenvalue weighted by Crippen LogP contribution is 2.05. The monoisotopic (exact) mass is 187 g/mol. The van der Waals surface area contributed by atoms with Crippen molar-refractivity contribution >= 4 is 0 Å². The maximum Gasteiger partial charge on any atom is 0.163 e. The maximum absolute atomic E-state index is 5.39. The number of hydrogen-bond donors (Lipinski definition) is 2. The van der Waals surface area contributed by atoms with E-state index in [0.29, 0.717) is 0 Å². The SMILES string of the molecule is C1C[NH+](CCC2OCCO2)CCN1. The molecular weight excluding hydrogens is 168 g/mol. The average Bonchev–Trinajstić information content (AvgIpc) is 2.69. The van der Waals surface area contributed by atoms with Crippen LogP contribution in [-0.4, -0.2) is 52.2 Å². The first-order valence-corrected chi connectivity index (χ1v) is 5.22. The number of quaternary nitrogens is 1. The van der Waals surface area contributed by atoms with Crippen LogP contribution in [0.25, 0.3) is 0 Å². The lowest BCUT2D eigenvalue weighted by atomic mass is 10.3. The third-order valence-electron chi connectivity index (χ3n) is 2.74. The van der Waals surface area contributed by atoms with E-state index in [0.717, 1.165) is 32.7 Å². The summed E-state index contributed by atoms with van der Waals surface area (Å²) in [6.07, 6.45) is 1.14. The Kier molecular flexibility index (Phi) is 3.55. The molecule has 0 amide bonds. The van der Waals surface area contributed by atoms with Crippen molar-refractivity contribution in [2.45, 2.75) is 12.7 Å². The number of nitrogens with one attached hydrogen (secondary N) is 2. The summed E-state index contributed by atoms with van der Waals surface area (Å²) in [5.74, 6) is 0. The van der Waals surface area contributed by atoms with Gasteiger partial charge in [0.05, 0.1) is 32.8 Å². The summed E-state index contributed by atoms with van der Waals surface area (Å²) in [7, 11) is 0. The third-order valence-corrected chi connectivity index (χ3v) is 2.74. The Hall–Kier alpha value is -0.160. The lowest BCUT2D eigenvalue weighted by Crippen LogP contribution is -3.14. The van der Waals surface area contributed by atoms with Crippen molar-refractivity contribution in [3.05, 3.63) is 0 Å². The molecule has 0 aromatic carbocycles. The van der Waals surface area contributed by atoms with Gasteiger partial charge in [-0.25, -0.2) is 0 Å². The Bertz CT molecular complexity index is 143. The van der Waals surface area contributed by atoms with Crippen LogP contribution in [-0.2, 0) is 9.47 Å². The molecule has 0 atom stereocenters. The first kappa shape index (κ1) is 9.40. The summed E-state index contributed by atoms with van der Waals surface area (Å²) in [5, 5.41) is 3.36. The van der Waals surface area contributed by atoms with Crippen LogP contribution in [0.3, 0.4) is 0 Å². The van der Waals surface area contributed by atoms with Gasteiger partial charge in [-0.05, 0) is 0 Å². The van der Waals surface area contributed by atoms with Crippen molar-refractivity contribution in [2.75, 3.05) is 45.9 Å². The summed E-state index contributed by atoms with van der Waals surface area (Å²) in [6.45, 7) is 7.54. The summed E-state index contributed by atoms with van der Waals surface area (Å²) in [6, 6.07) is 0. The minimum absolute atomic E-state index is 0.0855. The van der Waals surface area contributed by atoms with E-state index in [1.807, 2.05) is 0 Å². The van der Waals surface area contributed by atoms with E-state index in [9.17, 15) is 0 Å². The van der Waals surface area contributed by atoms with Gasteiger partial charge in [-0.15, -0.1) is 0 Å². The van der Waals surface area contributed by atoms with Crippen LogP contribution < -0.4 is 10.2 Å². The first-order chi connectivity index (χ1) is 6.45. The maximum atomic E-state index is 5.39. The predicted molar refractivity (Wildman–Crippen MR) is 48.7 cm³/mol. The summed E-state index contributed by atoms with van der Waals surface area (Å²) in [4.78, 5) is 1.68. The molecule has 4 nitrogen and oxygen atoms in total. The van der Waals surface area contributed by atoms with Gasteiger partial charge in [-0.1, -0.05) is 0 Å². The van der Waals surface area contributed by atoms with E-state index in [1.165, 1.54) is 19.6 Å². The van der Waals surface area contributed by atoms with Gasteiger partial charge in [0.2, 0.25) is 0 Å². The van der Waals surface area contributed by atoms with Gasteiger partial charge < -0.3 is 19.7 Å². The predicted octanol–water partition coefficient (Wildman–Crippen LogP) is -1.76. The molecule has 2 rings (SSSR count). The third kappa shape index (κ3) is 2.91. The van der Waals surface area contributed by atoms with Crippen LogP contribution in [0.2, 0.25) is 0 Å². The molecule has 2 aliphatic rings. The smallest absolute Gasteiger partial charge is 0.163 e. The van der Waals surface area contributed by atoms with Gasteiger partial charge in [0.1, 0.15) is 0 Å². The number of piperazine rings is 1. The topological polar surface area (TPSA) is 34.9 Å². The fraction of sp³-hybridized carbons (Fsp3) is 1.00. The summed E-state index contributed by atoms with van der Waals surface area (Å²) < 4.78 is 10.8. The minimum atomic E-state index is 0.0855. The molecule has 0 aliphatic carbocycles. The molecule has 2 heterocycles. The highest BCUT2D eigenvalue weighted by atomic mass is 16.7. The van der Waals surface area contributed by atoms with Crippen LogP contribution in [0.1, 0.15) is 6.42 Å². The van der Waals surface area contributed by atoms with Gasteiger partial charge in [-0.3, -0.25) is 0 Å². The largest absolute Gasteiger partial charge is 0.350 e. The van der Waals surface area contributed by atoms with Gasteiger partial charge in [0.25, 0.3) is 0 Å². The second-order valence-electron chi connectivity index (χ2n) is 3.71. The molecule has 2 aliphatic heterocycles. The Morgan fingerprint density at radius 3 is 2.54 bits per heavy atom. The fourth-order valence-corrected chi connectivity index (χ4v) is 1.93. The second kappa shape index (κ2) is 4.91. The van der Waals surface area contributed by atoms with E-state index in [1.54, 1.807) is 4.90 Å². The number of hydrogen-bond acceptors (Lipinski definition) is 3. The molecule has 0 bridgehead atoms. The molecule has 2 fully saturated rings. The van der Waals surface area contributed by atoms with Crippen molar-refractivity contribution < 1.29 is 14.4 Å². The zero-order chi connectivity index (χ0) is 8.93. The molecule has 13 heavy (non-hydrogen) atoms. The van der Waals surface area contributed by atoms with Crippen LogP contribution in [0, 0.1) is 0 Å². The highest BCUT2D eigenvalue weighted by Gasteiger charge is 2.19. The highest BCUT2D eigenvalue weighted by molar-refractivity contribution is 4.54. The van der Waals surface area contributed by atoms with Crippen molar-refractivity contribution in [1.82, 2.24) is 5.32 Å². The molecule has 4 heteroatoms. The molecule has 0 aromatic heterocycles. The van der Waals surface area contributed by atoms with Crippen LogP contribution in [0.5, 0.6) is 0 Å². The van der Waals surface area contributed by atoms with Crippen LogP contribution in [0.4, 0.5) is 0 Å². The van der Waals surface area contributed by atoms with E-state index < -0.39 is 0 Å². The normalized spacial score (nSPS) is 26.8. The molecule has 2 saturated heterocycles. The van der Waals surface area contributed by atoms with Gasteiger partial charge in [-0.2, -0.15) is 0 Å². The van der Waals surface area contributed by atoms with E-state index in [2.05, 4.69) is 5.32 Å². The van der Waals surface area contributed by atoms with Crippen molar-refractivity contribution in [2.24, 2.45) is 0 Å². The molecule has 76 valence electrons. The van der Waals surface area contributed by atoms with E-state index in [4.69, 9.17) is 9.47 Å². The number of ether oxygens (including phenoxy) is 2. The molecule has 2 N–H and O–H groups in total. The molecule has 0 unspecified atom stereocenters. The van der Waals surface area contributed by atoms with E-state index in [-0.39, 0.29) is 6.29 Å². The lowest BCUT2D eigenvalue weighted by Gasteiger charge is -2.24. The van der Waals surface area contributed by atoms with Gasteiger partial charge in [0.15, 0.2) is 6.29 Å². The zero-order valence-electron chi connectivity index (χ0n) is 8.05. The Morgan fingerprint density at radius 1 is 1.15 bits per heavy atom. The standard InChI is InChI=1S/C9H18N2O2/c1(9-12-7-8-13-9)4-11-5-2-10-3-6-11/h9-10H,1-8H2/p+1. The second-order valence-corrected chi connectivity index (χ2v) is 3.71. The Balaban J connectivity index is 1.60. The lowest BCUT2D eigenvalue weighted by molar-refractivity contribution is -0.902. The first-order valence-electron chi connectivity index (χ1n) is 5.22. The minimum Gasteiger partial charge on any atom is -0.350 e. The van der Waals surface area contributed by atoms with Gasteiger partial charge in [0, 0.05) is 19.5 Å². The van der Waals surface area contributed by atoms with Crippen LogP contribution >= 0.6 is 0 Å². The molecule has 0 spiro atoms. The zero-order valence-corrected chi connectivity index (χ0v) is 8.05. The quantitative estimate of drug-likeness (QED) is 0.549.